The second-order valence-corrected chi connectivity index (χ2v) is 5.27. The fourth-order valence-corrected chi connectivity index (χ4v) is 2.04. The van der Waals surface area contributed by atoms with Gasteiger partial charge >= 0.3 is 0 Å². The average Bonchev–Trinajstić information content (AvgIpc) is 2.63. The van der Waals surface area contributed by atoms with Gasteiger partial charge < -0.3 is 5.32 Å². The fourth-order valence-electron chi connectivity index (χ4n) is 2.04. The predicted molar refractivity (Wildman–Crippen MR) is 47.6 cm³/mol. The fraction of sp³-hybridized carbons (Fsp3) is 0.900. The highest BCUT2D eigenvalue weighted by Gasteiger charge is 2.50. The van der Waals surface area contributed by atoms with Gasteiger partial charge in [0.05, 0.1) is 0 Å². The first kappa shape index (κ1) is 8.09. The number of carbonyl (C=O) groups is 1. The van der Waals surface area contributed by atoms with E-state index in [0.717, 1.165) is 6.42 Å². The minimum absolute atomic E-state index is 0.225. The maximum Gasteiger partial charge on any atom is 0.223 e. The largest absolute Gasteiger partial charge is 0.353 e. The second kappa shape index (κ2) is 2.24. The van der Waals surface area contributed by atoms with Crippen LogP contribution in [0.4, 0.5) is 0 Å². The molecule has 3 unspecified atom stereocenters. The summed E-state index contributed by atoms with van der Waals surface area (Å²) in [6.45, 7) is 6.59. The molecule has 0 radical (unpaired) electrons. The molecule has 2 fully saturated rings. The van der Waals surface area contributed by atoms with Gasteiger partial charge in [-0.05, 0) is 24.2 Å². The van der Waals surface area contributed by atoms with Gasteiger partial charge in [-0.2, -0.15) is 0 Å². The van der Waals surface area contributed by atoms with Crippen LogP contribution in [0.25, 0.3) is 0 Å². The van der Waals surface area contributed by atoms with Crippen molar-refractivity contribution in [1.82, 2.24) is 5.32 Å². The van der Waals surface area contributed by atoms with Crippen molar-refractivity contribution in [1.29, 1.82) is 0 Å². The van der Waals surface area contributed by atoms with Gasteiger partial charge in [0.25, 0.3) is 0 Å². The van der Waals surface area contributed by atoms with Crippen LogP contribution in [-0.4, -0.2) is 11.9 Å². The molecule has 2 aliphatic rings. The zero-order valence-corrected chi connectivity index (χ0v) is 8.05. The Balaban J connectivity index is 2.06. The van der Waals surface area contributed by atoms with Gasteiger partial charge in [-0.25, -0.2) is 0 Å². The number of fused-ring (bicyclic) bond motifs is 1. The van der Waals surface area contributed by atoms with Crippen LogP contribution in [-0.2, 0) is 4.79 Å². The van der Waals surface area contributed by atoms with Gasteiger partial charge in [0.2, 0.25) is 5.91 Å². The molecule has 0 aromatic heterocycles. The van der Waals surface area contributed by atoms with E-state index >= 15 is 0 Å². The molecule has 2 rings (SSSR count). The Bertz CT molecular complexity index is 216. The molecular weight excluding hydrogens is 150 g/mol. The van der Waals surface area contributed by atoms with Crippen molar-refractivity contribution >= 4 is 5.91 Å². The molecule has 1 amide bonds. The van der Waals surface area contributed by atoms with Crippen LogP contribution in [0.1, 0.15) is 33.6 Å². The maximum absolute atomic E-state index is 11.4. The summed E-state index contributed by atoms with van der Waals surface area (Å²) < 4.78 is 0. The smallest absolute Gasteiger partial charge is 0.223 e. The van der Waals surface area contributed by atoms with Gasteiger partial charge in [-0.1, -0.05) is 20.8 Å². The molecule has 12 heavy (non-hydrogen) atoms. The van der Waals surface area contributed by atoms with E-state index in [4.69, 9.17) is 0 Å². The van der Waals surface area contributed by atoms with Crippen molar-refractivity contribution in [2.75, 3.05) is 0 Å². The lowest BCUT2D eigenvalue weighted by atomic mass is 9.82. The SMILES string of the molecule is CC(C)(C)C1CC2CC2C(=O)N1. The summed E-state index contributed by atoms with van der Waals surface area (Å²) in [6.07, 6.45) is 2.33. The molecule has 0 spiro atoms. The zero-order valence-electron chi connectivity index (χ0n) is 8.05. The van der Waals surface area contributed by atoms with Crippen LogP contribution in [0.3, 0.4) is 0 Å². The lowest BCUT2D eigenvalue weighted by molar-refractivity contribution is -0.125. The topological polar surface area (TPSA) is 29.1 Å². The Labute approximate surface area is 73.7 Å². The monoisotopic (exact) mass is 167 g/mol. The quantitative estimate of drug-likeness (QED) is 0.583. The van der Waals surface area contributed by atoms with E-state index in [-0.39, 0.29) is 5.41 Å². The standard InChI is InChI=1S/C10H17NO/c1-10(2,3)8-5-6-4-7(6)9(12)11-8/h6-8H,4-5H2,1-3H3,(H,11,12). The van der Waals surface area contributed by atoms with Crippen molar-refractivity contribution < 1.29 is 4.79 Å². The van der Waals surface area contributed by atoms with E-state index in [1.54, 1.807) is 0 Å². The molecule has 0 aromatic rings. The Morgan fingerprint density at radius 3 is 2.50 bits per heavy atom. The van der Waals surface area contributed by atoms with E-state index < -0.39 is 0 Å². The van der Waals surface area contributed by atoms with E-state index in [1.807, 2.05) is 0 Å². The summed E-state index contributed by atoms with van der Waals surface area (Å²) in [5, 5.41) is 3.11. The Kier molecular flexibility index (Phi) is 1.51. The number of hydrogen-bond acceptors (Lipinski definition) is 1. The number of carbonyl (C=O) groups excluding carboxylic acids is 1. The maximum atomic E-state index is 11.4. The molecule has 1 aliphatic heterocycles. The minimum Gasteiger partial charge on any atom is -0.353 e. The number of piperidine rings is 1. The zero-order chi connectivity index (χ0) is 8.93. The van der Waals surface area contributed by atoms with Gasteiger partial charge in [-0.15, -0.1) is 0 Å². The summed E-state index contributed by atoms with van der Waals surface area (Å²) in [4.78, 5) is 11.4. The van der Waals surface area contributed by atoms with E-state index in [1.165, 1.54) is 6.42 Å². The highest BCUT2D eigenvalue weighted by atomic mass is 16.2. The molecule has 2 nitrogen and oxygen atoms in total. The molecule has 1 saturated heterocycles. The second-order valence-electron chi connectivity index (χ2n) is 5.27. The van der Waals surface area contributed by atoms with Gasteiger partial charge in [0.1, 0.15) is 0 Å². The molecule has 2 heteroatoms. The van der Waals surface area contributed by atoms with Crippen LogP contribution in [0.5, 0.6) is 0 Å². The lowest BCUT2D eigenvalue weighted by Crippen LogP contribution is -2.47. The third-order valence-corrected chi connectivity index (χ3v) is 3.16. The molecule has 1 heterocycles. The summed E-state index contributed by atoms with van der Waals surface area (Å²) in [5.41, 5.74) is 0.225. The number of rotatable bonds is 0. The van der Waals surface area contributed by atoms with Crippen molar-refractivity contribution in [3.05, 3.63) is 0 Å². The van der Waals surface area contributed by atoms with Crippen LogP contribution in [0.2, 0.25) is 0 Å². The van der Waals surface area contributed by atoms with Gasteiger partial charge in [0, 0.05) is 12.0 Å². The molecule has 3 atom stereocenters. The normalized spacial score (nSPS) is 40.2. The third-order valence-electron chi connectivity index (χ3n) is 3.16. The Hall–Kier alpha value is -0.530. The average molecular weight is 167 g/mol. The molecule has 0 aromatic carbocycles. The predicted octanol–water partition coefficient (Wildman–Crippen LogP) is 1.56. The Morgan fingerprint density at radius 1 is 1.33 bits per heavy atom. The van der Waals surface area contributed by atoms with Gasteiger partial charge in [0.15, 0.2) is 0 Å². The number of amides is 1. The summed E-state index contributed by atoms with van der Waals surface area (Å²) in [7, 11) is 0. The molecule has 68 valence electrons. The first-order valence-corrected chi connectivity index (χ1v) is 4.79. The number of hydrogen-bond donors (Lipinski definition) is 1. The summed E-state index contributed by atoms with van der Waals surface area (Å²) >= 11 is 0. The van der Waals surface area contributed by atoms with Crippen LogP contribution < -0.4 is 5.32 Å². The van der Waals surface area contributed by atoms with E-state index in [0.29, 0.717) is 23.8 Å². The third kappa shape index (κ3) is 1.23. The molecule has 1 aliphatic carbocycles. The van der Waals surface area contributed by atoms with Crippen LogP contribution in [0.15, 0.2) is 0 Å². The highest BCUT2D eigenvalue weighted by Crippen LogP contribution is 2.47. The molecule has 1 saturated carbocycles. The lowest BCUT2D eigenvalue weighted by Gasteiger charge is -2.34. The molecule has 0 bridgehead atoms. The van der Waals surface area contributed by atoms with E-state index in [2.05, 4.69) is 26.1 Å². The molecular formula is C10H17NO. The van der Waals surface area contributed by atoms with Gasteiger partial charge in [-0.3, -0.25) is 4.79 Å². The minimum atomic E-state index is 0.225. The van der Waals surface area contributed by atoms with Crippen LogP contribution >= 0.6 is 0 Å². The van der Waals surface area contributed by atoms with Crippen molar-refractivity contribution in [2.45, 2.75) is 39.7 Å². The highest BCUT2D eigenvalue weighted by molar-refractivity contribution is 5.83. The number of nitrogens with one attached hydrogen (secondary N) is 1. The van der Waals surface area contributed by atoms with Crippen molar-refractivity contribution in [3.8, 4) is 0 Å². The summed E-state index contributed by atoms with van der Waals surface area (Å²) in [5.74, 6) is 1.39. The summed E-state index contributed by atoms with van der Waals surface area (Å²) in [6, 6.07) is 0.397. The molecule has 1 N–H and O–H groups in total. The van der Waals surface area contributed by atoms with Crippen LogP contribution in [0, 0.1) is 17.3 Å². The first-order chi connectivity index (χ1) is 5.48. The van der Waals surface area contributed by atoms with Crippen molar-refractivity contribution in [3.63, 3.8) is 0 Å². The van der Waals surface area contributed by atoms with Crippen molar-refractivity contribution in [2.24, 2.45) is 17.3 Å². The Morgan fingerprint density at radius 2 is 2.00 bits per heavy atom. The van der Waals surface area contributed by atoms with E-state index in [9.17, 15) is 4.79 Å². The first-order valence-electron chi connectivity index (χ1n) is 4.79.